The van der Waals surface area contributed by atoms with Crippen molar-refractivity contribution >= 4 is 34.8 Å². The Labute approximate surface area is 198 Å². The molecule has 3 aromatic carbocycles. The van der Waals surface area contributed by atoms with E-state index in [0.717, 1.165) is 29.9 Å². The molecule has 33 heavy (non-hydrogen) atoms. The van der Waals surface area contributed by atoms with Gasteiger partial charge < -0.3 is 19.9 Å². The minimum atomic E-state index is -0.231. The first-order valence-corrected chi connectivity index (χ1v) is 11.3. The maximum Gasteiger partial charge on any atom is 0.262 e. The molecule has 0 radical (unpaired) electrons. The molecule has 0 unspecified atom stereocenters. The van der Waals surface area contributed by atoms with Crippen LogP contribution in [0.1, 0.15) is 15.9 Å². The smallest absolute Gasteiger partial charge is 0.262 e. The number of amides is 2. The Morgan fingerprint density at radius 2 is 1.64 bits per heavy atom. The average molecular weight is 464 g/mol. The fraction of sp³-hybridized carbons (Fsp3) is 0.231. The zero-order valence-electron chi connectivity index (χ0n) is 18.5. The Morgan fingerprint density at radius 1 is 0.939 bits per heavy atom. The molecular formula is C26H26ClN3O3. The largest absolute Gasteiger partial charge is 0.483 e. The van der Waals surface area contributed by atoms with E-state index in [1.54, 1.807) is 18.2 Å². The normalized spacial score (nSPS) is 13.5. The summed E-state index contributed by atoms with van der Waals surface area (Å²) in [5.41, 5.74) is 3.37. The second-order valence-corrected chi connectivity index (χ2v) is 8.38. The molecule has 1 aliphatic heterocycles. The monoisotopic (exact) mass is 463 g/mol. The summed E-state index contributed by atoms with van der Waals surface area (Å²) in [6, 6.07) is 22.4. The number of aryl methyl sites for hydroxylation is 1. The highest BCUT2D eigenvalue weighted by Crippen LogP contribution is 2.22. The molecule has 1 aliphatic rings. The van der Waals surface area contributed by atoms with Gasteiger partial charge in [-0.1, -0.05) is 29.8 Å². The van der Waals surface area contributed by atoms with Crippen molar-refractivity contribution in [3.05, 3.63) is 88.9 Å². The van der Waals surface area contributed by atoms with E-state index in [2.05, 4.69) is 10.2 Å². The van der Waals surface area contributed by atoms with Crippen LogP contribution in [0.4, 0.5) is 11.4 Å². The van der Waals surface area contributed by atoms with Gasteiger partial charge >= 0.3 is 0 Å². The lowest BCUT2D eigenvalue weighted by Gasteiger charge is -2.36. The van der Waals surface area contributed by atoms with Gasteiger partial charge in [-0.25, -0.2) is 0 Å². The highest BCUT2D eigenvalue weighted by Gasteiger charge is 2.22. The number of benzene rings is 3. The molecule has 0 aromatic heterocycles. The number of nitrogens with zero attached hydrogens (tertiary/aromatic N) is 2. The third-order valence-electron chi connectivity index (χ3n) is 5.60. The van der Waals surface area contributed by atoms with Crippen LogP contribution in [0.25, 0.3) is 0 Å². The van der Waals surface area contributed by atoms with Gasteiger partial charge in [0.2, 0.25) is 0 Å². The van der Waals surface area contributed by atoms with E-state index >= 15 is 0 Å². The number of piperazine rings is 1. The van der Waals surface area contributed by atoms with E-state index in [9.17, 15) is 9.59 Å². The van der Waals surface area contributed by atoms with Crippen LogP contribution in [0.15, 0.2) is 72.8 Å². The van der Waals surface area contributed by atoms with Gasteiger partial charge in [0.05, 0.1) is 0 Å². The van der Waals surface area contributed by atoms with Crippen LogP contribution in [0, 0.1) is 6.92 Å². The van der Waals surface area contributed by atoms with Crippen molar-refractivity contribution < 1.29 is 14.3 Å². The van der Waals surface area contributed by atoms with Gasteiger partial charge in [0.1, 0.15) is 5.75 Å². The highest BCUT2D eigenvalue weighted by molar-refractivity contribution is 6.30. The van der Waals surface area contributed by atoms with E-state index in [4.69, 9.17) is 16.3 Å². The first-order valence-electron chi connectivity index (χ1n) is 10.9. The minimum Gasteiger partial charge on any atom is -0.483 e. The van der Waals surface area contributed by atoms with Crippen LogP contribution < -0.4 is 15.0 Å². The Bertz CT molecular complexity index is 1110. The summed E-state index contributed by atoms with van der Waals surface area (Å²) in [5.74, 6) is 0.476. The first-order chi connectivity index (χ1) is 16.0. The Morgan fingerprint density at radius 3 is 2.30 bits per heavy atom. The van der Waals surface area contributed by atoms with Crippen molar-refractivity contribution in [2.45, 2.75) is 6.92 Å². The summed E-state index contributed by atoms with van der Waals surface area (Å²) in [7, 11) is 0. The van der Waals surface area contributed by atoms with Crippen LogP contribution in [-0.2, 0) is 4.79 Å². The molecule has 0 aliphatic carbocycles. The summed E-state index contributed by atoms with van der Waals surface area (Å²) in [6.07, 6.45) is 0. The number of nitrogens with one attached hydrogen (secondary N) is 1. The number of halogens is 1. The molecule has 0 atom stereocenters. The number of hydrogen-bond acceptors (Lipinski definition) is 4. The van der Waals surface area contributed by atoms with Gasteiger partial charge in [-0.2, -0.15) is 0 Å². The van der Waals surface area contributed by atoms with E-state index < -0.39 is 0 Å². The molecule has 1 N–H and O–H groups in total. The second kappa shape index (κ2) is 10.4. The van der Waals surface area contributed by atoms with Crippen molar-refractivity contribution in [1.29, 1.82) is 0 Å². The van der Waals surface area contributed by atoms with E-state index in [0.29, 0.717) is 29.5 Å². The number of carbonyl (C=O) groups excluding carboxylic acids is 2. The molecule has 0 bridgehead atoms. The third-order valence-corrected chi connectivity index (χ3v) is 5.83. The molecular weight excluding hydrogens is 438 g/mol. The van der Waals surface area contributed by atoms with Gasteiger partial charge in [0.15, 0.2) is 6.61 Å². The summed E-state index contributed by atoms with van der Waals surface area (Å²) in [6.45, 7) is 4.68. The number of ether oxygens (including phenoxy) is 1. The van der Waals surface area contributed by atoms with Crippen LogP contribution in [0.2, 0.25) is 5.02 Å². The minimum absolute atomic E-state index is 0.0734. The SMILES string of the molecule is Cc1cc(Cl)ccc1OCC(=O)Nc1ccc(N2CCN(C(=O)c3ccccc3)CC2)cc1. The number of hydrogen-bond donors (Lipinski definition) is 1. The van der Waals surface area contributed by atoms with Crippen LogP contribution in [-0.4, -0.2) is 49.5 Å². The summed E-state index contributed by atoms with van der Waals surface area (Å²) < 4.78 is 5.59. The number of carbonyl (C=O) groups is 2. The summed E-state index contributed by atoms with van der Waals surface area (Å²) in [5, 5.41) is 3.48. The molecule has 1 saturated heterocycles. The van der Waals surface area contributed by atoms with E-state index in [-0.39, 0.29) is 18.4 Å². The molecule has 6 nitrogen and oxygen atoms in total. The highest BCUT2D eigenvalue weighted by atomic mass is 35.5. The average Bonchev–Trinajstić information content (AvgIpc) is 2.84. The first kappa shape index (κ1) is 22.7. The molecule has 1 fully saturated rings. The van der Waals surface area contributed by atoms with Gasteiger partial charge in [-0.15, -0.1) is 0 Å². The summed E-state index contributed by atoms with van der Waals surface area (Å²) >= 11 is 5.95. The number of rotatable bonds is 6. The summed E-state index contributed by atoms with van der Waals surface area (Å²) in [4.78, 5) is 29.0. The Balaban J connectivity index is 1.26. The van der Waals surface area contributed by atoms with Gasteiger partial charge in [0, 0.05) is 48.1 Å². The van der Waals surface area contributed by atoms with Crippen LogP contribution in [0.3, 0.4) is 0 Å². The molecule has 2 amide bonds. The standard InChI is InChI=1S/C26H26ClN3O3/c1-19-17-21(27)7-12-24(19)33-18-25(31)28-22-8-10-23(11-9-22)29-13-15-30(16-14-29)26(32)20-5-3-2-4-6-20/h2-12,17H,13-16,18H2,1H3,(H,28,31). The van der Waals surface area contributed by atoms with Crippen LogP contribution in [0.5, 0.6) is 5.75 Å². The van der Waals surface area contributed by atoms with Gasteiger partial charge in [0.25, 0.3) is 11.8 Å². The zero-order valence-corrected chi connectivity index (χ0v) is 19.2. The maximum atomic E-state index is 12.6. The van der Waals surface area contributed by atoms with E-state index in [1.807, 2.05) is 66.4 Å². The lowest BCUT2D eigenvalue weighted by molar-refractivity contribution is -0.118. The van der Waals surface area contributed by atoms with E-state index in [1.165, 1.54) is 0 Å². The van der Waals surface area contributed by atoms with Crippen molar-refractivity contribution in [3.63, 3.8) is 0 Å². The predicted molar refractivity (Wildman–Crippen MR) is 131 cm³/mol. The second-order valence-electron chi connectivity index (χ2n) is 7.94. The number of anilines is 2. The lowest BCUT2D eigenvalue weighted by atomic mass is 10.1. The fourth-order valence-corrected chi connectivity index (χ4v) is 4.03. The van der Waals surface area contributed by atoms with Gasteiger partial charge in [-0.05, 0) is 67.1 Å². The Kier molecular flexibility index (Phi) is 7.15. The molecule has 1 heterocycles. The fourth-order valence-electron chi connectivity index (χ4n) is 3.80. The maximum absolute atomic E-state index is 12.6. The zero-order chi connectivity index (χ0) is 23.2. The topological polar surface area (TPSA) is 61.9 Å². The molecule has 170 valence electrons. The predicted octanol–water partition coefficient (Wildman–Crippen LogP) is 4.63. The van der Waals surface area contributed by atoms with Crippen LogP contribution >= 0.6 is 11.6 Å². The van der Waals surface area contributed by atoms with Gasteiger partial charge in [-0.3, -0.25) is 9.59 Å². The third kappa shape index (κ3) is 5.84. The molecule has 0 spiro atoms. The van der Waals surface area contributed by atoms with Crippen molar-refractivity contribution in [2.24, 2.45) is 0 Å². The lowest BCUT2D eigenvalue weighted by Crippen LogP contribution is -2.48. The molecule has 7 heteroatoms. The Hall–Kier alpha value is -3.51. The molecule has 3 aromatic rings. The molecule has 0 saturated carbocycles. The van der Waals surface area contributed by atoms with Crippen molar-refractivity contribution in [2.75, 3.05) is 43.0 Å². The van der Waals surface area contributed by atoms with Crippen molar-refractivity contribution in [1.82, 2.24) is 4.90 Å². The molecule has 4 rings (SSSR count). The van der Waals surface area contributed by atoms with Crippen molar-refractivity contribution in [3.8, 4) is 5.75 Å². The quantitative estimate of drug-likeness (QED) is 0.579.